The van der Waals surface area contributed by atoms with Crippen LogP contribution in [0.1, 0.15) is 29.7 Å². The summed E-state index contributed by atoms with van der Waals surface area (Å²) in [7, 11) is 0. The molecule has 4 aliphatic heterocycles. The average Bonchev–Trinajstić information content (AvgIpc) is 4.24. The summed E-state index contributed by atoms with van der Waals surface area (Å²) in [4.78, 5) is 0. The summed E-state index contributed by atoms with van der Waals surface area (Å²) in [6.07, 6.45) is -19.0. The molecular formula is C38H56Cl2N12O19. The standard InChI is InChI=1S/C38H56Cl2N12O19/c1-2-49-3-18(43-45-49)13-65-35-32(61)30(59)26(55)21(68-35)8-51-6-19(44-48-51)14-66-36-33(62)29(58)25(54)20(67-36)7-50-4-16(41-46-50)11-64-12-17-5-52(47-42-17)9-22-27(56)34(63)38(15-39,70-22)71-37-31(60)28(57)24(40)23(10-53)69-37/h3-6,20-37,53-63H,2,7-15H2,1H3/t20-,21-,22-,23-,24+,25-,26-,27-,28+,29+,30+,31?,32+,33+,34+,35+,36+,37?,38?/m1/s1. The molecule has 8 heterocycles. The largest absolute Gasteiger partial charge is 0.394 e. The molecule has 8 rings (SSSR count). The number of hydrogen-bond acceptors (Lipinski definition) is 27. The lowest BCUT2D eigenvalue weighted by molar-refractivity contribution is -0.358. The predicted octanol–water partition coefficient (Wildman–Crippen LogP) is -7.04. The van der Waals surface area contributed by atoms with Gasteiger partial charge in [-0.3, -0.25) is 4.68 Å². The number of aromatic nitrogens is 12. The highest BCUT2D eigenvalue weighted by molar-refractivity contribution is 6.21. The first-order valence-corrected chi connectivity index (χ1v) is 23.3. The van der Waals surface area contributed by atoms with Gasteiger partial charge in [0.1, 0.15) is 108 Å². The lowest BCUT2D eigenvalue weighted by Crippen LogP contribution is -2.61. The number of nitrogens with zero attached hydrogens (tertiary/aromatic N) is 12. The molecule has 33 heteroatoms. The number of halogens is 2. The summed E-state index contributed by atoms with van der Waals surface area (Å²) in [6, 6.07) is 0. The maximum Gasteiger partial charge on any atom is 0.214 e. The Hall–Kier alpha value is -3.62. The first-order valence-electron chi connectivity index (χ1n) is 22.3. The van der Waals surface area contributed by atoms with Crippen molar-refractivity contribution >= 4 is 23.2 Å². The molecule has 31 nitrogen and oxygen atoms in total. The molecule has 4 fully saturated rings. The van der Waals surface area contributed by atoms with E-state index in [-0.39, 0.29) is 51.8 Å². The monoisotopic (exact) mass is 1050 g/mol. The van der Waals surface area contributed by atoms with Crippen LogP contribution in [0.3, 0.4) is 0 Å². The molecule has 4 aliphatic rings. The van der Waals surface area contributed by atoms with Gasteiger partial charge in [-0.05, 0) is 6.92 Å². The van der Waals surface area contributed by atoms with Crippen molar-refractivity contribution < 1.29 is 94.1 Å². The number of aliphatic hydroxyl groups is 11. The van der Waals surface area contributed by atoms with E-state index in [4.69, 9.17) is 61.1 Å². The van der Waals surface area contributed by atoms with Crippen LogP contribution in [0.2, 0.25) is 0 Å². The molecule has 3 unspecified atom stereocenters. The minimum absolute atomic E-state index is 0.0565. The summed E-state index contributed by atoms with van der Waals surface area (Å²) in [5, 5.41) is 147. The van der Waals surface area contributed by atoms with E-state index in [1.807, 2.05) is 6.92 Å². The summed E-state index contributed by atoms with van der Waals surface area (Å²) in [5.74, 6) is -2.65. The number of alkyl halides is 2. The Morgan fingerprint density at radius 2 is 0.958 bits per heavy atom. The Morgan fingerprint density at radius 1 is 0.535 bits per heavy atom. The fourth-order valence-electron chi connectivity index (χ4n) is 8.18. The lowest BCUT2D eigenvalue weighted by atomic mass is 9.99. The second-order valence-corrected chi connectivity index (χ2v) is 18.1. The Kier molecular flexibility index (Phi) is 17.6. The van der Waals surface area contributed by atoms with Gasteiger partial charge in [-0.1, -0.05) is 20.9 Å². The van der Waals surface area contributed by atoms with Crippen molar-refractivity contribution in [1.82, 2.24) is 60.0 Å². The molecule has 0 aliphatic carbocycles. The van der Waals surface area contributed by atoms with E-state index in [1.165, 1.54) is 32.6 Å². The SMILES string of the molecule is CCn1cc(CO[C@H]2O[C@H](Cn3cc(CO[C@H]4O[C@H](Cn5cc(COCc6cn(C[C@H]7OC(CCl)(OC8O[C@H](CO)[C@H](Cl)[C@H](O)C8O)[C@@H](O)[C@@H]7O)nn6)nn5)[C@@H](O)[C@H](O)[C@@H]4O)nn3)[C@@H](O)[C@H](O)[C@@H]2O)nn1. The maximum absolute atomic E-state index is 10.9. The van der Waals surface area contributed by atoms with Crippen LogP contribution in [0, 0.1) is 0 Å². The predicted molar refractivity (Wildman–Crippen MR) is 226 cm³/mol. The third kappa shape index (κ3) is 12.0. The van der Waals surface area contributed by atoms with Gasteiger partial charge in [0.15, 0.2) is 18.9 Å². The third-order valence-corrected chi connectivity index (χ3v) is 13.1. The highest BCUT2D eigenvalue weighted by atomic mass is 35.5. The van der Waals surface area contributed by atoms with E-state index >= 15 is 0 Å². The average molecular weight is 1060 g/mol. The van der Waals surface area contributed by atoms with Crippen molar-refractivity contribution in [2.45, 2.75) is 175 Å². The molecule has 0 spiro atoms. The van der Waals surface area contributed by atoms with Crippen LogP contribution in [0.25, 0.3) is 0 Å². The van der Waals surface area contributed by atoms with Gasteiger partial charge in [0, 0.05) is 6.54 Å². The van der Waals surface area contributed by atoms with Gasteiger partial charge < -0.3 is 94.1 Å². The number of rotatable bonds is 21. The molecule has 0 bridgehead atoms. The molecule has 11 N–H and O–H groups in total. The van der Waals surface area contributed by atoms with Crippen molar-refractivity contribution in [3.63, 3.8) is 0 Å². The van der Waals surface area contributed by atoms with Crippen molar-refractivity contribution in [1.29, 1.82) is 0 Å². The smallest absolute Gasteiger partial charge is 0.214 e. The van der Waals surface area contributed by atoms with Crippen LogP contribution in [-0.4, -0.2) is 244 Å². The number of aliphatic hydroxyl groups excluding tert-OH is 11. The van der Waals surface area contributed by atoms with Crippen LogP contribution < -0.4 is 0 Å². The van der Waals surface area contributed by atoms with Crippen LogP contribution in [-0.2, 0) is 90.5 Å². The summed E-state index contributed by atoms with van der Waals surface area (Å²) >= 11 is 12.2. The normalized spacial score (nSPS) is 37.8. The second-order valence-electron chi connectivity index (χ2n) is 17.3. The fraction of sp³-hybridized carbons (Fsp3) is 0.789. The van der Waals surface area contributed by atoms with Crippen LogP contribution in [0.4, 0.5) is 0 Å². The van der Waals surface area contributed by atoms with E-state index in [0.717, 1.165) is 0 Å². The second kappa shape index (κ2) is 23.3. The molecule has 71 heavy (non-hydrogen) atoms. The number of ether oxygens (including phenoxy) is 8. The minimum atomic E-state index is -2.11. The molecule has 0 aromatic carbocycles. The zero-order valence-electron chi connectivity index (χ0n) is 37.6. The van der Waals surface area contributed by atoms with Crippen LogP contribution in [0.15, 0.2) is 24.8 Å². The highest BCUT2D eigenvalue weighted by Gasteiger charge is 2.58. The zero-order valence-corrected chi connectivity index (χ0v) is 39.1. The Bertz CT molecular complexity index is 2300. The summed E-state index contributed by atoms with van der Waals surface area (Å²) < 4.78 is 51.3. The van der Waals surface area contributed by atoms with E-state index in [0.29, 0.717) is 23.6 Å². The molecular weight excluding hydrogens is 999 g/mol. The van der Waals surface area contributed by atoms with Gasteiger partial charge in [-0.15, -0.1) is 43.6 Å². The molecule has 4 aromatic rings. The lowest BCUT2D eigenvalue weighted by Gasteiger charge is -2.43. The van der Waals surface area contributed by atoms with Gasteiger partial charge in [-0.2, -0.15) is 0 Å². The third-order valence-electron chi connectivity index (χ3n) is 12.2. The number of aryl methyl sites for hydroxylation is 1. The molecule has 0 saturated carbocycles. The Morgan fingerprint density at radius 3 is 1.41 bits per heavy atom. The van der Waals surface area contributed by atoms with Gasteiger partial charge in [-0.25, -0.2) is 14.0 Å². The van der Waals surface area contributed by atoms with E-state index < -0.39 is 128 Å². The van der Waals surface area contributed by atoms with Gasteiger partial charge in [0.05, 0.1) is 88.7 Å². The first-order chi connectivity index (χ1) is 34.0. The quantitative estimate of drug-likeness (QED) is 0.0345. The van der Waals surface area contributed by atoms with Gasteiger partial charge >= 0.3 is 0 Å². The molecule has 0 radical (unpaired) electrons. The molecule has 4 aromatic heterocycles. The topological polar surface area (TPSA) is 419 Å². The first kappa shape index (κ1) is 53.7. The zero-order chi connectivity index (χ0) is 50.7. The van der Waals surface area contributed by atoms with Gasteiger partial charge in [0.2, 0.25) is 5.79 Å². The molecule has 396 valence electrons. The maximum atomic E-state index is 10.9. The fourth-order valence-corrected chi connectivity index (χ4v) is 8.75. The van der Waals surface area contributed by atoms with Crippen molar-refractivity contribution in [2.24, 2.45) is 0 Å². The van der Waals surface area contributed by atoms with E-state index in [2.05, 4.69) is 41.2 Å². The Labute approximate surface area is 411 Å². The van der Waals surface area contributed by atoms with Crippen LogP contribution >= 0.6 is 23.2 Å². The minimum Gasteiger partial charge on any atom is -0.394 e. The molecule has 0 amide bonds. The number of hydrogen-bond donors (Lipinski definition) is 11. The van der Waals surface area contributed by atoms with Crippen molar-refractivity contribution in [3.8, 4) is 0 Å². The summed E-state index contributed by atoms with van der Waals surface area (Å²) in [5.41, 5.74) is 1.41. The molecule has 4 saturated heterocycles. The Balaban J connectivity index is 0.782. The van der Waals surface area contributed by atoms with Crippen LogP contribution in [0.5, 0.6) is 0 Å². The van der Waals surface area contributed by atoms with E-state index in [1.54, 1.807) is 10.9 Å². The summed E-state index contributed by atoms with van der Waals surface area (Å²) in [6.45, 7) is 0.961. The molecule has 19 atom stereocenters. The van der Waals surface area contributed by atoms with E-state index in [9.17, 15) is 56.2 Å². The van der Waals surface area contributed by atoms with Crippen molar-refractivity contribution in [2.75, 3.05) is 12.5 Å². The highest BCUT2D eigenvalue weighted by Crippen LogP contribution is 2.38. The van der Waals surface area contributed by atoms with Gasteiger partial charge in [0.25, 0.3) is 0 Å². The van der Waals surface area contributed by atoms with Crippen molar-refractivity contribution in [3.05, 3.63) is 47.6 Å².